The molecule has 1 saturated carbocycles. The number of hydrogen-bond donors (Lipinski definition) is 1. The number of methoxy groups -OCH3 is 1. The standard InChI is InChI=1S/C18H20F2N4O3/c1-10-11(5-24-6-12(17(25)26)15(22-24)9-27-2)3-4-16(21-10)23-7-13-14(8-23)18(13,19)20/h3-4,6,13-14H,5,7-9H2,1-2H3,(H,25,26). The normalized spacial score (nSPS) is 22.7. The minimum atomic E-state index is -2.51. The van der Waals surface area contributed by atoms with Crippen LogP contribution in [0.3, 0.4) is 0 Å². The van der Waals surface area contributed by atoms with Crippen molar-refractivity contribution < 1.29 is 23.4 Å². The Kier molecular flexibility index (Phi) is 4.14. The van der Waals surface area contributed by atoms with Crippen molar-refractivity contribution in [3.63, 3.8) is 0 Å². The van der Waals surface area contributed by atoms with E-state index in [1.165, 1.54) is 13.3 Å². The molecular weight excluding hydrogens is 358 g/mol. The Hall–Kier alpha value is -2.55. The van der Waals surface area contributed by atoms with Crippen LogP contribution in [0.25, 0.3) is 0 Å². The number of aryl methyl sites for hydroxylation is 1. The van der Waals surface area contributed by atoms with Crippen molar-refractivity contribution in [2.75, 3.05) is 25.1 Å². The molecule has 4 rings (SSSR count). The van der Waals surface area contributed by atoms with Gasteiger partial charge in [0.05, 0.1) is 25.0 Å². The topological polar surface area (TPSA) is 80.5 Å². The van der Waals surface area contributed by atoms with Crippen molar-refractivity contribution in [1.29, 1.82) is 0 Å². The summed E-state index contributed by atoms with van der Waals surface area (Å²) in [7, 11) is 1.48. The molecule has 2 aromatic rings. The van der Waals surface area contributed by atoms with E-state index in [2.05, 4.69) is 10.1 Å². The van der Waals surface area contributed by atoms with Gasteiger partial charge in [0.15, 0.2) is 0 Å². The summed E-state index contributed by atoms with van der Waals surface area (Å²) in [6.45, 7) is 3.01. The molecule has 2 fully saturated rings. The van der Waals surface area contributed by atoms with Gasteiger partial charge in [-0.05, 0) is 18.6 Å². The van der Waals surface area contributed by atoms with Crippen LogP contribution in [0.15, 0.2) is 18.3 Å². The zero-order valence-corrected chi connectivity index (χ0v) is 15.0. The Morgan fingerprint density at radius 3 is 2.67 bits per heavy atom. The van der Waals surface area contributed by atoms with Gasteiger partial charge in [-0.1, -0.05) is 6.07 Å². The van der Waals surface area contributed by atoms with E-state index in [0.29, 0.717) is 31.1 Å². The second-order valence-corrected chi connectivity index (χ2v) is 7.13. The monoisotopic (exact) mass is 378 g/mol. The average Bonchev–Trinajstić information content (AvgIpc) is 3.03. The first-order valence-corrected chi connectivity index (χ1v) is 8.69. The highest BCUT2D eigenvalue weighted by Gasteiger charge is 2.71. The maximum atomic E-state index is 13.4. The number of carboxylic acid groups (broad SMARTS) is 1. The van der Waals surface area contributed by atoms with Crippen LogP contribution in [0.2, 0.25) is 0 Å². The van der Waals surface area contributed by atoms with Gasteiger partial charge in [-0.25, -0.2) is 18.6 Å². The number of rotatable bonds is 6. The lowest BCUT2D eigenvalue weighted by Gasteiger charge is -2.21. The minimum Gasteiger partial charge on any atom is -0.478 e. The van der Waals surface area contributed by atoms with Crippen LogP contribution in [0.5, 0.6) is 0 Å². The second kappa shape index (κ2) is 6.26. The van der Waals surface area contributed by atoms with Gasteiger partial charge >= 0.3 is 5.97 Å². The fourth-order valence-electron chi connectivity index (χ4n) is 3.75. The molecule has 0 spiro atoms. The number of aromatic carboxylic acids is 1. The van der Waals surface area contributed by atoms with Gasteiger partial charge in [-0.2, -0.15) is 5.10 Å². The molecule has 0 radical (unpaired) electrons. The summed E-state index contributed by atoms with van der Waals surface area (Å²) in [4.78, 5) is 17.8. The lowest BCUT2D eigenvalue weighted by Crippen LogP contribution is -2.28. The molecule has 1 aliphatic carbocycles. The summed E-state index contributed by atoms with van der Waals surface area (Å²) >= 11 is 0. The zero-order valence-electron chi connectivity index (χ0n) is 15.0. The van der Waals surface area contributed by atoms with Gasteiger partial charge in [-0.3, -0.25) is 4.68 Å². The number of fused-ring (bicyclic) bond motifs is 1. The lowest BCUT2D eigenvalue weighted by molar-refractivity contribution is 0.0691. The first-order chi connectivity index (χ1) is 12.8. The Balaban J connectivity index is 1.49. The molecule has 2 aromatic heterocycles. The van der Waals surface area contributed by atoms with Gasteiger partial charge in [0.1, 0.15) is 17.1 Å². The third kappa shape index (κ3) is 3.05. The van der Waals surface area contributed by atoms with E-state index in [-0.39, 0.29) is 12.2 Å². The summed E-state index contributed by atoms with van der Waals surface area (Å²) < 4.78 is 33.3. The van der Waals surface area contributed by atoms with E-state index >= 15 is 0 Å². The number of carboxylic acids is 1. The van der Waals surface area contributed by atoms with Gasteiger partial charge in [-0.15, -0.1) is 0 Å². The number of alkyl halides is 2. The molecule has 0 aromatic carbocycles. The minimum absolute atomic E-state index is 0.108. The predicted molar refractivity (Wildman–Crippen MR) is 92.1 cm³/mol. The molecule has 9 heteroatoms. The van der Waals surface area contributed by atoms with Crippen molar-refractivity contribution in [1.82, 2.24) is 14.8 Å². The first kappa shape index (κ1) is 17.8. The average molecular weight is 378 g/mol. The molecule has 1 N–H and O–H groups in total. The van der Waals surface area contributed by atoms with Crippen molar-refractivity contribution >= 4 is 11.8 Å². The van der Waals surface area contributed by atoms with E-state index < -0.39 is 23.7 Å². The number of piperidine rings is 1. The van der Waals surface area contributed by atoms with Crippen LogP contribution in [0.1, 0.15) is 27.3 Å². The molecule has 2 aliphatic rings. The Bertz CT molecular complexity index is 885. The van der Waals surface area contributed by atoms with Crippen LogP contribution in [-0.4, -0.2) is 52.0 Å². The van der Waals surface area contributed by atoms with E-state index in [9.17, 15) is 18.7 Å². The number of aromatic nitrogens is 3. The van der Waals surface area contributed by atoms with Gasteiger partial charge in [0, 0.05) is 32.1 Å². The SMILES string of the molecule is COCc1nn(Cc2ccc(N3CC4C(C3)C4(F)F)nc2C)cc1C(=O)O. The highest BCUT2D eigenvalue weighted by molar-refractivity contribution is 5.88. The second-order valence-electron chi connectivity index (χ2n) is 7.13. The van der Waals surface area contributed by atoms with Crippen molar-refractivity contribution in [3.05, 3.63) is 40.8 Å². The number of hydrogen-bond acceptors (Lipinski definition) is 5. The smallest absolute Gasteiger partial charge is 0.339 e. The number of pyridine rings is 1. The molecular formula is C18H20F2N4O3. The zero-order chi connectivity index (χ0) is 19.3. The number of ether oxygens (including phenoxy) is 1. The molecule has 1 aliphatic heterocycles. The summed E-state index contributed by atoms with van der Waals surface area (Å²) in [5, 5.41) is 13.5. The summed E-state index contributed by atoms with van der Waals surface area (Å²) in [5.41, 5.74) is 2.12. The maximum absolute atomic E-state index is 13.4. The van der Waals surface area contributed by atoms with Crippen molar-refractivity contribution in [3.8, 4) is 0 Å². The quantitative estimate of drug-likeness (QED) is 0.830. The van der Waals surface area contributed by atoms with E-state index in [1.807, 2.05) is 24.0 Å². The van der Waals surface area contributed by atoms with Crippen LogP contribution < -0.4 is 4.90 Å². The van der Waals surface area contributed by atoms with Gasteiger partial charge in [0.2, 0.25) is 0 Å². The Morgan fingerprint density at radius 2 is 2.07 bits per heavy atom. The lowest BCUT2D eigenvalue weighted by atomic mass is 10.2. The molecule has 7 nitrogen and oxygen atoms in total. The Labute approximate surface area is 154 Å². The molecule has 0 bridgehead atoms. The molecule has 2 unspecified atom stereocenters. The van der Waals surface area contributed by atoms with Crippen LogP contribution in [-0.2, 0) is 17.9 Å². The third-order valence-corrected chi connectivity index (χ3v) is 5.39. The van der Waals surface area contributed by atoms with Crippen LogP contribution in [0, 0.1) is 18.8 Å². The molecule has 3 heterocycles. The maximum Gasteiger partial charge on any atom is 0.339 e. The van der Waals surface area contributed by atoms with Crippen LogP contribution in [0.4, 0.5) is 14.6 Å². The number of nitrogens with zero attached hydrogens (tertiary/aromatic N) is 4. The molecule has 144 valence electrons. The fourth-order valence-corrected chi connectivity index (χ4v) is 3.75. The predicted octanol–water partition coefficient (Wildman–Crippen LogP) is 2.18. The molecule has 1 saturated heterocycles. The van der Waals surface area contributed by atoms with Crippen LogP contribution >= 0.6 is 0 Å². The number of halogens is 2. The van der Waals surface area contributed by atoms with E-state index in [4.69, 9.17) is 4.74 Å². The summed E-state index contributed by atoms with van der Waals surface area (Å²) in [5.74, 6) is -3.95. The summed E-state index contributed by atoms with van der Waals surface area (Å²) in [6, 6.07) is 3.71. The van der Waals surface area contributed by atoms with Crippen molar-refractivity contribution in [2.45, 2.75) is 26.0 Å². The summed E-state index contributed by atoms with van der Waals surface area (Å²) in [6.07, 6.45) is 1.47. The highest BCUT2D eigenvalue weighted by Crippen LogP contribution is 2.59. The van der Waals surface area contributed by atoms with E-state index in [1.54, 1.807) is 4.68 Å². The number of anilines is 1. The Morgan fingerprint density at radius 1 is 1.37 bits per heavy atom. The highest BCUT2D eigenvalue weighted by atomic mass is 19.3. The fraction of sp³-hybridized carbons (Fsp3) is 0.500. The molecule has 2 atom stereocenters. The number of carbonyl (C=O) groups is 1. The van der Waals surface area contributed by atoms with Gasteiger partial charge < -0.3 is 14.7 Å². The molecule has 27 heavy (non-hydrogen) atoms. The third-order valence-electron chi connectivity index (χ3n) is 5.39. The van der Waals surface area contributed by atoms with Crippen molar-refractivity contribution in [2.24, 2.45) is 11.8 Å². The first-order valence-electron chi connectivity index (χ1n) is 8.69. The van der Waals surface area contributed by atoms with Gasteiger partial charge in [0.25, 0.3) is 5.92 Å². The van der Waals surface area contributed by atoms with E-state index in [0.717, 1.165) is 11.3 Å². The molecule has 0 amide bonds. The largest absolute Gasteiger partial charge is 0.478 e.